The number of carbonyl (C=O) groups excluding carboxylic acids is 1. The quantitative estimate of drug-likeness (QED) is 0.432. The Balaban J connectivity index is 2.46. The molecule has 0 N–H and O–H groups in total. The lowest BCUT2D eigenvalue weighted by atomic mass is 9.97. The van der Waals surface area contributed by atoms with Crippen molar-refractivity contribution in [1.29, 1.82) is 0 Å². The van der Waals surface area contributed by atoms with Crippen LogP contribution in [0, 0.1) is 0 Å². The minimum Gasteiger partial charge on any atom is -0.299 e. The summed E-state index contributed by atoms with van der Waals surface area (Å²) in [6, 6.07) is 15.1. The Morgan fingerprint density at radius 3 is 1.60 bits per heavy atom. The second kappa shape index (κ2) is 7.09. The second-order valence-electron chi connectivity index (χ2n) is 4.12. The molecule has 0 bridgehead atoms. The monoisotopic (exact) mass is 302 g/mol. The lowest BCUT2D eigenvalue weighted by Crippen LogP contribution is -1.87. The van der Waals surface area contributed by atoms with Crippen LogP contribution in [0.15, 0.2) is 66.8 Å². The van der Waals surface area contributed by atoms with E-state index in [9.17, 15) is 4.79 Å². The zero-order valence-corrected chi connectivity index (χ0v) is 12.1. The smallest absolute Gasteiger partial charge is 0.142 e. The zero-order chi connectivity index (χ0) is 14.4. The van der Waals surface area contributed by atoms with Crippen molar-refractivity contribution in [2.45, 2.75) is 0 Å². The fourth-order valence-electron chi connectivity index (χ4n) is 1.82. The summed E-state index contributed by atoms with van der Waals surface area (Å²) in [4.78, 5) is 10.4. The first-order chi connectivity index (χ1) is 9.70. The van der Waals surface area contributed by atoms with Crippen molar-refractivity contribution in [3.63, 3.8) is 0 Å². The number of allylic oxidation sites excluding steroid dienone is 3. The maximum atomic E-state index is 10.4. The van der Waals surface area contributed by atoms with Gasteiger partial charge >= 0.3 is 0 Å². The molecule has 0 fully saturated rings. The summed E-state index contributed by atoms with van der Waals surface area (Å²) < 4.78 is 0. The highest BCUT2D eigenvalue weighted by Crippen LogP contribution is 2.26. The van der Waals surface area contributed by atoms with Gasteiger partial charge in [-0.25, -0.2) is 0 Å². The molecule has 0 saturated carbocycles. The predicted octanol–water partition coefficient (Wildman–Crippen LogP) is 5.18. The molecule has 20 heavy (non-hydrogen) atoms. The normalized spacial score (nSPS) is 10.5. The van der Waals surface area contributed by atoms with Crippen LogP contribution in [0.25, 0.3) is 5.57 Å². The van der Waals surface area contributed by atoms with Gasteiger partial charge in [0.05, 0.1) is 0 Å². The number of benzene rings is 2. The van der Waals surface area contributed by atoms with Gasteiger partial charge in [-0.3, -0.25) is 4.79 Å². The van der Waals surface area contributed by atoms with Gasteiger partial charge in [-0.15, -0.1) is 0 Å². The first kappa shape index (κ1) is 14.6. The van der Waals surface area contributed by atoms with E-state index < -0.39 is 0 Å². The minimum atomic E-state index is 0.688. The molecule has 0 atom stereocenters. The van der Waals surface area contributed by atoms with Gasteiger partial charge in [-0.2, -0.15) is 0 Å². The van der Waals surface area contributed by atoms with Crippen LogP contribution >= 0.6 is 23.2 Å². The molecule has 0 aliphatic heterocycles. The fourth-order valence-corrected chi connectivity index (χ4v) is 2.07. The van der Waals surface area contributed by atoms with E-state index in [1.165, 1.54) is 6.08 Å². The van der Waals surface area contributed by atoms with Gasteiger partial charge < -0.3 is 0 Å². The standard InChI is InChI=1S/C17H12Cl2O/c18-15-8-4-13(5-9-15)17(3-1-2-12-20)14-6-10-16(19)11-7-14/h1-12H/b2-1+. The van der Waals surface area contributed by atoms with E-state index in [4.69, 9.17) is 23.2 Å². The molecule has 0 heterocycles. The summed E-state index contributed by atoms with van der Waals surface area (Å²) in [7, 11) is 0. The van der Waals surface area contributed by atoms with Crippen molar-refractivity contribution in [2.24, 2.45) is 0 Å². The Bertz CT molecular complexity index is 590. The molecule has 0 spiro atoms. The number of hydrogen-bond donors (Lipinski definition) is 0. The van der Waals surface area contributed by atoms with E-state index in [1.54, 1.807) is 6.08 Å². The molecule has 0 radical (unpaired) electrons. The maximum absolute atomic E-state index is 10.4. The first-order valence-corrected chi connectivity index (χ1v) is 6.80. The summed E-state index contributed by atoms with van der Waals surface area (Å²) in [5, 5.41) is 1.38. The van der Waals surface area contributed by atoms with Crippen molar-refractivity contribution in [3.8, 4) is 0 Å². The summed E-state index contributed by atoms with van der Waals surface area (Å²) in [5.41, 5.74) is 3.04. The molecular formula is C17H12Cl2O. The van der Waals surface area contributed by atoms with E-state index in [1.807, 2.05) is 54.6 Å². The van der Waals surface area contributed by atoms with Crippen molar-refractivity contribution in [2.75, 3.05) is 0 Å². The van der Waals surface area contributed by atoms with E-state index in [2.05, 4.69) is 0 Å². The Morgan fingerprint density at radius 2 is 1.20 bits per heavy atom. The summed E-state index contributed by atoms with van der Waals surface area (Å²) in [6.45, 7) is 0. The summed E-state index contributed by atoms with van der Waals surface area (Å²) in [6.07, 6.45) is 5.80. The van der Waals surface area contributed by atoms with Crippen LogP contribution in [0.3, 0.4) is 0 Å². The number of halogens is 2. The van der Waals surface area contributed by atoms with Gasteiger partial charge in [0.25, 0.3) is 0 Å². The molecule has 3 heteroatoms. The largest absolute Gasteiger partial charge is 0.299 e. The summed E-state index contributed by atoms with van der Waals surface area (Å²) in [5.74, 6) is 0. The molecule has 0 aromatic heterocycles. The Kier molecular flexibility index (Phi) is 5.16. The van der Waals surface area contributed by atoms with Gasteiger partial charge in [0.15, 0.2) is 0 Å². The number of aldehydes is 1. The topological polar surface area (TPSA) is 17.1 Å². The Morgan fingerprint density at radius 1 is 0.750 bits per heavy atom. The highest BCUT2D eigenvalue weighted by Gasteiger charge is 2.04. The van der Waals surface area contributed by atoms with Gasteiger partial charge in [-0.05, 0) is 47.0 Å². The molecule has 0 saturated heterocycles. The SMILES string of the molecule is O=C/C=C/C=C(c1ccc(Cl)cc1)c1ccc(Cl)cc1. The summed E-state index contributed by atoms with van der Waals surface area (Å²) >= 11 is 11.8. The van der Waals surface area contributed by atoms with Crippen LogP contribution in [0.4, 0.5) is 0 Å². The second-order valence-corrected chi connectivity index (χ2v) is 4.99. The lowest BCUT2D eigenvalue weighted by molar-refractivity contribution is -0.104. The van der Waals surface area contributed by atoms with Crippen molar-refractivity contribution in [3.05, 3.63) is 87.9 Å². The van der Waals surface area contributed by atoms with Crippen molar-refractivity contribution < 1.29 is 4.79 Å². The molecule has 2 aromatic carbocycles. The first-order valence-electron chi connectivity index (χ1n) is 6.05. The van der Waals surface area contributed by atoms with Crippen LogP contribution in [0.5, 0.6) is 0 Å². The fraction of sp³-hybridized carbons (Fsp3) is 0. The van der Waals surface area contributed by atoms with E-state index in [0.29, 0.717) is 10.0 Å². The van der Waals surface area contributed by atoms with Crippen molar-refractivity contribution >= 4 is 35.1 Å². The van der Waals surface area contributed by atoms with Crippen molar-refractivity contribution in [1.82, 2.24) is 0 Å². The third-order valence-corrected chi connectivity index (χ3v) is 3.27. The molecule has 100 valence electrons. The van der Waals surface area contributed by atoms with E-state index in [0.717, 1.165) is 23.0 Å². The molecule has 2 rings (SSSR count). The highest BCUT2D eigenvalue weighted by molar-refractivity contribution is 6.31. The molecular weight excluding hydrogens is 291 g/mol. The van der Waals surface area contributed by atoms with Gasteiger partial charge in [-0.1, -0.05) is 59.6 Å². The average molecular weight is 303 g/mol. The van der Waals surface area contributed by atoms with Crippen LogP contribution in [0.2, 0.25) is 10.0 Å². The predicted molar refractivity (Wildman–Crippen MR) is 85.2 cm³/mol. The highest BCUT2D eigenvalue weighted by atomic mass is 35.5. The molecule has 1 nitrogen and oxygen atoms in total. The minimum absolute atomic E-state index is 0.688. The Labute approximate surface area is 128 Å². The molecule has 0 unspecified atom stereocenters. The number of rotatable bonds is 4. The number of hydrogen-bond acceptors (Lipinski definition) is 1. The van der Waals surface area contributed by atoms with Gasteiger partial charge in [0.1, 0.15) is 6.29 Å². The van der Waals surface area contributed by atoms with Crippen LogP contribution in [-0.4, -0.2) is 6.29 Å². The van der Waals surface area contributed by atoms with Crippen LogP contribution in [-0.2, 0) is 4.79 Å². The van der Waals surface area contributed by atoms with Crippen LogP contribution in [0.1, 0.15) is 11.1 Å². The zero-order valence-electron chi connectivity index (χ0n) is 10.6. The van der Waals surface area contributed by atoms with Crippen LogP contribution < -0.4 is 0 Å². The molecule has 0 amide bonds. The lowest BCUT2D eigenvalue weighted by Gasteiger charge is -2.08. The number of carbonyl (C=O) groups is 1. The Hall–Kier alpha value is -1.83. The molecule has 2 aromatic rings. The molecule has 0 aliphatic rings. The van der Waals surface area contributed by atoms with E-state index in [-0.39, 0.29) is 0 Å². The average Bonchev–Trinajstić information content (AvgIpc) is 2.46. The van der Waals surface area contributed by atoms with E-state index >= 15 is 0 Å². The molecule has 0 aliphatic carbocycles. The van der Waals surface area contributed by atoms with Gasteiger partial charge in [0, 0.05) is 10.0 Å². The third kappa shape index (κ3) is 3.83. The van der Waals surface area contributed by atoms with Gasteiger partial charge in [0.2, 0.25) is 0 Å². The maximum Gasteiger partial charge on any atom is 0.142 e. The third-order valence-electron chi connectivity index (χ3n) is 2.76.